The van der Waals surface area contributed by atoms with Crippen molar-refractivity contribution in [2.24, 2.45) is 0 Å². The average molecular weight is 276 g/mol. The lowest BCUT2D eigenvalue weighted by molar-refractivity contribution is -0.126. The van der Waals surface area contributed by atoms with E-state index in [0.717, 1.165) is 12.8 Å². The van der Waals surface area contributed by atoms with Crippen LogP contribution in [0.2, 0.25) is 0 Å². The zero-order valence-corrected chi connectivity index (χ0v) is 10.6. The van der Waals surface area contributed by atoms with Gasteiger partial charge in [-0.3, -0.25) is 19.7 Å². The monoisotopic (exact) mass is 276 g/mol. The van der Waals surface area contributed by atoms with E-state index in [4.69, 9.17) is 0 Å². The van der Waals surface area contributed by atoms with Gasteiger partial charge in [-0.15, -0.1) is 0 Å². The van der Waals surface area contributed by atoms with Crippen LogP contribution < -0.4 is 5.32 Å². The van der Waals surface area contributed by atoms with E-state index in [1.54, 1.807) is 6.07 Å². The highest BCUT2D eigenvalue weighted by Crippen LogP contribution is 2.32. The molecule has 0 spiro atoms. The van der Waals surface area contributed by atoms with Crippen molar-refractivity contribution >= 4 is 17.7 Å². The van der Waals surface area contributed by atoms with E-state index < -0.39 is 29.6 Å². The molecular weight excluding hydrogens is 263 g/mol. The molecule has 5 nitrogen and oxygen atoms in total. The molecule has 0 aromatic heterocycles. The number of imide groups is 1. The normalized spacial score (nSPS) is 21.8. The van der Waals surface area contributed by atoms with Crippen molar-refractivity contribution in [1.82, 2.24) is 10.2 Å². The lowest BCUT2D eigenvalue weighted by Crippen LogP contribution is -2.46. The van der Waals surface area contributed by atoms with Crippen LogP contribution in [0, 0.1) is 5.82 Å². The van der Waals surface area contributed by atoms with E-state index in [1.165, 1.54) is 23.1 Å². The van der Waals surface area contributed by atoms with E-state index in [1.807, 2.05) is 0 Å². The molecule has 3 rings (SSSR count). The molecule has 6 heteroatoms. The second-order valence-corrected chi connectivity index (χ2v) is 5.06. The Hall–Kier alpha value is -2.24. The molecule has 2 fully saturated rings. The van der Waals surface area contributed by atoms with Crippen LogP contribution in [0.1, 0.15) is 29.6 Å². The zero-order chi connectivity index (χ0) is 14.3. The molecule has 3 amide bonds. The van der Waals surface area contributed by atoms with Gasteiger partial charge in [-0.05, 0) is 25.0 Å². The summed E-state index contributed by atoms with van der Waals surface area (Å²) in [6.45, 7) is 0. The summed E-state index contributed by atoms with van der Waals surface area (Å²) in [5, 5.41) is 2.19. The molecule has 20 heavy (non-hydrogen) atoms. The third-order valence-electron chi connectivity index (χ3n) is 3.56. The van der Waals surface area contributed by atoms with Gasteiger partial charge < -0.3 is 4.90 Å². The van der Waals surface area contributed by atoms with Crippen molar-refractivity contribution in [3.63, 3.8) is 0 Å². The Morgan fingerprint density at radius 1 is 1.25 bits per heavy atom. The number of amides is 3. The second kappa shape index (κ2) is 4.70. The van der Waals surface area contributed by atoms with Crippen LogP contribution in [-0.4, -0.2) is 34.7 Å². The van der Waals surface area contributed by atoms with E-state index in [9.17, 15) is 18.8 Å². The fourth-order valence-corrected chi connectivity index (χ4v) is 2.45. The topological polar surface area (TPSA) is 66.5 Å². The predicted octanol–water partition coefficient (Wildman–Crippen LogP) is 0.845. The first kappa shape index (κ1) is 12.8. The SMILES string of the molecule is O=C1C[C@H](N(C(=O)c2ccccc2F)C2CC2)C(=O)N1. The first-order valence-corrected chi connectivity index (χ1v) is 6.49. The first-order chi connectivity index (χ1) is 9.58. The Kier molecular flexibility index (Phi) is 3.00. The van der Waals surface area contributed by atoms with Crippen molar-refractivity contribution in [2.75, 3.05) is 0 Å². The number of nitrogens with zero attached hydrogens (tertiary/aromatic N) is 1. The maximum Gasteiger partial charge on any atom is 0.257 e. The van der Waals surface area contributed by atoms with Gasteiger partial charge in [0.15, 0.2) is 0 Å². The number of benzene rings is 1. The van der Waals surface area contributed by atoms with E-state index in [2.05, 4.69) is 5.32 Å². The number of hydrogen-bond donors (Lipinski definition) is 1. The Bertz CT molecular complexity index is 598. The number of carbonyl (C=O) groups excluding carboxylic acids is 3. The van der Waals surface area contributed by atoms with Gasteiger partial charge in [-0.2, -0.15) is 0 Å². The summed E-state index contributed by atoms with van der Waals surface area (Å²) < 4.78 is 13.7. The van der Waals surface area contributed by atoms with Crippen molar-refractivity contribution in [3.05, 3.63) is 35.6 Å². The van der Waals surface area contributed by atoms with Crippen molar-refractivity contribution in [2.45, 2.75) is 31.3 Å². The van der Waals surface area contributed by atoms with Gasteiger partial charge >= 0.3 is 0 Å². The predicted molar refractivity (Wildman–Crippen MR) is 67.1 cm³/mol. The smallest absolute Gasteiger partial charge is 0.257 e. The number of halogens is 1. The van der Waals surface area contributed by atoms with E-state index >= 15 is 0 Å². The van der Waals surface area contributed by atoms with Gasteiger partial charge in [0.2, 0.25) is 11.8 Å². The van der Waals surface area contributed by atoms with Gasteiger partial charge in [-0.25, -0.2) is 4.39 Å². The third kappa shape index (κ3) is 2.17. The number of nitrogens with one attached hydrogen (secondary N) is 1. The van der Waals surface area contributed by atoms with Crippen LogP contribution in [0.25, 0.3) is 0 Å². The highest BCUT2D eigenvalue weighted by molar-refractivity contribution is 6.08. The Balaban J connectivity index is 1.92. The summed E-state index contributed by atoms with van der Waals surface area (Å²) in [7, 11) is 0. The van der Waals surface area contributed by atoms with Gasteiger partial charge in [0.1, 0.15) is 11.9 Å². The standard InChI is InChI=1S/C14H13FN2O3/c15-10-4-2-1-3-9(10)14(20)17(8-5-6-8)11-7-12(18)16-13(11)19/h1-4,8,11H,5-7H2,(H,16,18,19)/t11-/m0/s1. The summed E-state index contributed by atoms with van der Waals surface area (Å²) in [5.74, 6) is -2.02. The third-order valence-corrected chi connectivity index (χ3v) is 3.56. The van der Waals surface area contributed by atoms with Crippen LogP contribution in [0.5, 0.6) is 0 Å². The minimum Gasteiger partial charge on any atom is -0.323 e. The van der Waals surface area contributed by atoms with Crippen LogP contribution in [0.15, 0.2) is 24.3 Å². The molecule has 1 atom stereocenters. The van der Waals surface area contributed by atoms with Crippen molar-refractivity contribution in [3.8, 4) is 0 Å². The van der Waals surface area contributed by atoms with Crippen LogP contribution in [0.4, 0.5) is 4.39 Å². The van der Waals surface area contributed by atoms with Crippen molar-refractivity contribution < 1.29 is 18.8 Å². The molecule has 1 aliphatic heterocycles. The first-order valence-electron chi connectivity index (χ1n) is 6.49. The number of rotatable bonds is 3. The summed E-state index contributed by atoms with van der Waals surface area (Å²) in [6.07, 6.45) is 1.51. The minimum atomic E-state index is -0.817. The highest BCUT2D eigenvalue weighted by Gasteiger charge is 2.45. The fraction of sp³-hybridized carbons (Fsp3) is 0.357. The molecule has 1 saturated heterocycles. The Morgan fingerprint density at radius 3 is 2.50 bits per heavy atom. The number of hydrogen-bond acceptors (Lipinski definition) is 3. The maximum absolute atomic E-state index is 13.7. The molecule has 1 aromatic carbocycles. The lowest BCUT2D eigenvalue weighted by Gasteiger charge is -2.26. The highest BCUT2D eigenvalue weighted by atomic mass is 19.1. The molecule has 1 saturated carbocycles. The van der Waals surface area contributed by atoms with E-state index in [-0.39, 0.29) is 18.0 Å². The quantitative estimate of drug-likeness (QED) is 0.832. The lowest BCUT2D eigenvalue weighted by atomic mass is 10.1. The Labute approximate surface area is 114 Å². The molecule has 2 aliphatic rings. The summed E-state index contributed by atoms with van der Waals surface area (Å²) in [4.78, 5) is 36.9. The molecule has 1 N–H and O–H groups in total. The summed E-state index contributed by atoms with van der Waals surface area (Å²) >= 11 is 0. The van der Waals surface area contributed by atoms with Gasteiger partial charge in [-0.1, -0.05) is 12.1 Å². The summed E-state index contributed by atoms with van der Waals surface area (Å²) in [6, 6.07) is 4.77. The second-order valence-electron chi connectivity index (χ2n) is 5.06. The number of carbonyl (C=O) groups is 3. The van der Waals surface area contributed by atoms with Crippen LogP contribution >= 0.6 is 0 Å². The summed E-state index contributed by atoms with van der Waals surface area (Å²) in [5.41, 5.74) is -0.0634. The molecule has 0 bridgehead atoms. The van der Waals surface area contributed by atoms with Gasteiger partial charge in [0.25, 0.3) is 5.91 Å². The zero-order valence-electron chi connectivity index (χ0n) is 10.6. The van der Waals surface area contributed by atoms with Crippen molar-refractivity contribution in [1.29, 1.82) is 0 Å². The van der Waals surface area contributed by atoms with Gasteiger partial charge in [0.05, 0.1) is 12.0 Å². The molecule has 1 aromatic rings. The molecule has 104 valence electrons. The largest absolute Gasteiger partial charge is 0.323 e. The molecular formula is C14H13FN2O3. The average Bonchev–Trinajstić information content (AvgIpc) is 3.17. The van der Waals surface area contributed by atoms with Gasteiger partial charge in [0, 0.05) is 6.04 Å². The Morgan fingerprint density at radius 2 is 1.95 bits per heavy atom. The van der Waals surface area contributed by atoms with E-state index in [0.29, 0.717) is 0 Å². The fourth-order valence-electron chi connectivity index (χ4n) is 2.45. The molecule has 0 radical (unpaired) electrons. The van der Waals surface area contributed by atoms with Crippen LogP contribution in [-0.2, 0) is 9.59 Å². The molecule has 1 aliphatic carbocycles. The minimum absolute atomic E-state index is 0.0461. The molecule has 0 unspecified atom stereocenters. The molecule has 1 heterocycles. The van der Waals surface area contributed by atoms with Crippen LogP contribution in [0.3, 0.4) is 0 Å². The maximum atomic E-state index is 13.7.